The maximum absolute atomic E-state index is 14.0. The first-order valence-corrected chi connectivity index (χ1v) is 13.2. The molecule has 0 spiro atoms. The number of ketones is 1. The van der Waals surface area contributed by atoms with Crippen LogP contribution in [0.3, 0.4) is 0 Å². The van der Waals surface area contributed by atoms with Crippen LogP contribution in [0.5, 0.6) is 0 Å². The number of hydrogen-bond donors (Lipinski definition) is 2. The summed E-state index contributed by atoms with van der Waals surface area (Å²) in [5, 5.41) is 5.94. The summed E-state index contributed by atoms with van der Waals surface area (Å²) >= 11 is 12.1. The first kappa shape index (κ1) is 27.1. The number of fused-ring (bicyclic) bond motifs is 1. The van der Waals surface area contributed by atoms with Crippen molar-refractivity contribution < 1.29 is 14.4 Å². The van der Waals surface area contributed by atoms with Crippen molar-refractivity contribution >= 4 is 58.0 Å². The van der Waals surface area contributed by atoms with Crippen molar-refractivity contribution in [1.82, 2.24) is 5.32 Å². The zero-order valence-corrected chi connectivity index (χ0v) is 22.9. The average molecular weight is 571 g/mol. The van der Waals surface area contributed by atoms with Gasteiger partial charge in [0.25, 0.3) is 5.91 Å². The molecule has 1 aliphatic heterocycles. The molecular weight excluding hydrogens is 547 g/mol. The Balaban J connectivity index is 1.53. The van der Waals surface area contributed by atoms with Gasteiger partial charge in [-0.25, -0.2) is 9.79 Å². The molecule has 5 rings (SSSR count). The van der Waals surface area contributed by atoms with Crippen molar-refractivity contribution in [2.24, 2.45) is 4.99 Å². The van der Waals surface area contributed by atoms with Crippen LogP contribution >= 0.6 is 23.2 Å². The summed E-state index contributed by atoms with van der Waals surface area (Å²) in [5.41, 5.74) is 4.15. The number of aliphatic imine (C=N–C) groups is 1. The molecule has 0 saturated carbocycles. The molecule has 9 heteroatoms. The maximum atomic E-state index is 14.0. The van der Waals surface area contributed by atoms with Gasteiger partial charge in [0, 0.05) is 22.4 Å². The first-order valence-electron chi connectivity index (χ1n) is 12.5. The third kappa shape index (κ3) is 5.76. The molecule has 0 fully saturated rings. The minimum Gasteiger partial charge on any atom is -0.308 e. The molecule has 4 aromatic rings. The largest absolute Gasteiger partial charge is 0.321 e. The van der Waals surface area contributed by atoms with E-state index in [1.54, 1.807) is 36.4 Å². The molecule has 0 aromatic heterocycles. The number of nitrogens with one attached hydrogen (secondary N) is 2. The van der Waals surface area contributed by atoms with Crippen molar-refractivity contribution in [3.05, 3.63) is 129 Å². The third-order valence-corrected chi connectivity index (χ3v) is 7.19. The van der Waals surface area contributed by atoms with Crippen LogP contribution in [-0.4, -0.2) is 36.1 Å². The summed E-state index contributed by atoms with van der Waals surface area (Å²) in [6.07, 6.45) is -1.32. The number of para-hydroxylation sites is 1. The van der Waals surface area contributed by atoms with Gasteiger partial charge < -0.3 is 15.5 Å². The highest BCUT2D eigenvalue weighted by atomic mass is 35.5. The fourth-order valence-electron chi connectivity index (χ4n) is 4.49. The number of carbonyl (C=O) groups excluding carboxylic acids is 3. The fraction of sp³-hybridized carbons (Fsp3) is 0.0968. The smallest absolute Gasteiger partial charge is 0.308 e. The molecule has 3 amide bonds. The van der Waals surface area contributed by atoms with Crippen molar-refractivity contribution in [3.8, 4) is 0 Å². The standard InChI is InChI=1S/C31H24Cl2N4O3/c1-19-9-5-6-12-22(19)27(38)18-37-26-14-8-7-13-23(26)28(20-10-3-2-4-11-20)35-29(30(37)39)36-31(40)34-21-15-16-24(32)25(33)17-21/h2-17,29H,18H2,1H3,(H2,34,36,40). The average Bonchev–Trinajstić information content (AvgIpc) is 3.06. The number of carbonyl (C=O) groups is 3. The molecule has 1 unspecified atom stereocenters. The second-order valence-electron chi connectivity index (χ2n) is 9.15. The quantitative estimate of drug-likeness (QED) is 0.258. The van der Waals surface area contributed by atoms with Crippen LogP contribution in [-0.2, 0) is 4.79 Å². The van der Waals surface area contributed by atoms with Crippen LogP contribution in [0.2, 0.25) is 10.0 Å². The number of anilines is 2. The minimum atomic E-state index is -1.32. The highest BCUT2D eigenvalue weighted by Gasteiger charge is 2.34. The lowest BCUT2D eigenvalue weighted by Crippen LogP contribution is -2.50. The van der Waals surface area contributed by atoms with Gasteiger partial charge in [-0.15, -0.1) is 0 Å². The first-order chi connectivity index (χ1) is 19.3. The molecule has 0 radical (unpaired) electrons. The van der Waals surface area contributed by atoms with E-state index in [1.807, 2.05) is 61.5 Å². The normalized spacial score (nSPS) is 14.6. The molecule has 1 atom stereocenters. The number of aryl methyl sites for hydroxylation is 1. The van der Waals surface area contributed by atoms with Crippen LogP contribution < -0.4 is 15.5 Å². The van der Waals surface area contributed by atoms with Gasteiger partial charge in [0.1, 0.15) is 0 Å². The maximum Gasteiger partial charge on any atom is 0.321 e. The topological polar surface area (TPSA) is 90.9 Å². The molecule has 200 valence electrons. The molecule has 4 aromatic carbocycles. The van der Waals surface area contributed by atoms with E-state index in [0.29, 0.717) is 33.2 Å². The third-order valence-electron chi connectivity index (χ3n) is 6.45. The van der Waals surface area contributed by atoms with Crippen molar-refractivity contribution in [3.63, 3.8) is 0 Å². The summed E-state index contributed by atoms with van der Waals surface area (Å²) in [6, 6.07) is 27.8. The van der Waals surface area contributed by atoms with Crippen LogP contribution in [0.1, 0.15) is 27.0 Å². The second-order valence-corrected chi connectivity index (χ2v) is 9.97. The Morgan fingerprint density at radius 2 is 1.57 bits per heavy atom. The van der Waals surface area contributed by atoms with E-state index in [2.05, 4.69) is 10.6 Å². The van der Waals surface area contributed by atoms with Crippen LogP contribution in [0.25, 0.3) is 0 Å². The van der Waals surface area contributed by atoms with Gasteiger partial charge in [0.05, 0.1) is 28.0 Å². The van der Waals surface area contributed by atoms with Crippen LogP contribution in [0.15, 0.2) is 102 Å². The molecule has 2 N–H and O–H groups in total. The van der Waals surface area contributed by atoms with Crippen molar-refractivity contribution in [1.29, 1.82) is 0 Å². The van der Waals surface area contributed by atoms with E-state index in [4.69, 9.17) is 28.2 Å². The molecule has 1 heterocycles. The van der Waals surface area contributed by atoms with Gasteiger partial charge in [-0.2, -0.15) is 0 Å². The predicted molar refractivity (Wildman–Crippen MR) is 159 cm³/mol. The molecular formula is C31H24Cl2N4O3. The van der Waals surface area contributed by atoms with E-state index in [9.17, 15) is 14.4 Å². The summed E-state index contributed by atoms with van der Waals surface area (Å²) in [4.78, 5) is 46.6. The number of benzodiazepines with no additional fused rings is 1. The number of nitrogens with zero attached hydrogens (tertiary/aromatic N) is 2. The SMILES string of the molecule is Cc1ccccc1C(=O)CN1C(=O)C(NC(=O)Nc2ccc(Cl)c(Cl)c2)N=C(c2ccccc2)c2ccccc21. The Hall–Kier alpha value is -4.46. The molecule has 0 bridgehead atoms. The van der Waals surface area contributed by atoms with Gasteiger partial charge in [-0.3, -0.25) is 9.59 Å². The van der Waals surface area contributed by atoms with Gasteiger partial charge in [-0.05, 0) is 36.8 Å². The molecule has 0 aliphatic carbocycles. The molecule has 1 aliphatic rings. The number of halogens is 2. The number of hydrogen-bond acceptors (Lipinski definition) is 4. The summed E-state index contributed by atoms with van der Waals surface area (Å²) in [5.74, 6) is -0.784. The summed E-state index contributed by atoms with van der Waals surface area (Å²) in [7, 11) is 0. The number of benzene rings is 4. The lowest BCUT2D eigenvalue weighted by molar-refractivity contribution is -0.120. The van der Waals surface area contributed by atoms with Gasteiger partial charge in [0.15, 0.2) is 5.78 Å². The van der Waals surface area contributed by atoms with Gasteiger partial charge in [-0.1, -0.05) is 96.0 Å². The highest BCUT2D eigenvalue weighted by molar-refractivity contribution is 6.42. The van der Waals surface area contributed by atoms with Crippen LogP contribution in [0, 0.1) is 6.92 Å². The molecule has 0 saturated heterocycles. The molecule has 40 heavy (non-hydrogen) atoms. The second kappa shape index (κ2) is 11.7. The summed E-state index contributed by atoms with van der Waals surface area (Å²) in [6.45, 7) is 1.62. The molecule has 7 nitrogen and oxygen atoms in total. The number of Topliss-reactive ketones (excluding diaryl/α,β-unsaturated/α-hetero) is 1. The van der Waals surface area contributed by atoms with E-state index < -0.39 is 18.1 Å². The van der Waals surface area contributed by atoms with Crippen molar-refractivity contribution in [2.75, 3.05) is 16.8 Å². The van der Waals surface area contributed by atoms with Gasteiger partial charge >= 0.3 is 6.03 Å². The van der Waals surface area contributed by atoms with E-state index >= 15 is 0 Å². The minimum absolute atomic E-state index is 0.231. The van der Waals surface area contributed by atoms with Crippen LogP contribution in [0.4, 0.5) is 16.2 Å². The van der Waals surface area contributed by atoms with Gasteiger partial charge in [0.2, 0.25) is 6.17 Å². The lowest BCUT2D eigenvalue weighted by atomic mass is 9.99. The van der Waals surface area contributed by atoms with Crippen molar-refractivity contribution in [2.45, 2.75) is 13.1 Å². The fourth-order valence-corrected chi connectivity index (χ4v) is 4.79. The number of amides is 3. The number of urea groups is 1. The van der Waals surface area contributed by atoms with E-state index in [-0.39, 0.29) is 17.4 Å². The Morgan fingerprint density at radius 3 is 2.33 bits per heavy atom. The number of rotatable bonds is 6. The summed E-state index contributed by atoms with van der Waals surface area (Å²) < 4.78 is 0. The Kier molecular flexibility index (Phi) is 7.96. The zero-order valence-electron chi connectivity index (χ0n) is 21.4. The lowest BCUT2D eigenvalue weighted by Gasteiger charge is -2.25. The monoisotopic (exact) mass is 570 g/mol. The van der Waals surface area contributed by atoms with E-state index in [1.165, 1.54) is 11.0 Å². The Morgan fingerprint density at radius 1 is 0.875 bits per heavy atom. The van der Waals surface area contributed by atoms with E-state index in [0.717, 1.165) is 11.1 Å². The Bertz CT molecular complexity index is 1640. The zero-order chi connectivity index (χ0) is 28.2. The Labute approximate surface area is 241 Å². The predicted octanol–water partition coefficient (Wildman–Crippen LogP) is 6.52. The highest BCUT2D eigenvalue weighted by Crippen LogP contribution is 2.29.